The minimum atomic E-state index is -0.173. The topological polar surface area (TPSA) is 15.3 Å². The first kappa shape index (κ1) is 14.2. The Kier molecular flexibility index (Phi) is 3.80. The van der Waals surface area contributed by atoms with Crippen molar-refractivity contribution < 1.29 is 4.39 Å². The van der Waals surface area contributed by atoms with Crippen LogP contribution in [0.2, 0.25) is 0 Å². The van der Waals surface area contributed by atoms with Gasteiger partial charge in [-0.15, -0.1) is 0 Å². The van der Waals surface area contributed by atoms with Gasteiger partial charge in [-0.2, -0.15) is 0 Å². The summed E-state index contributed by atoms with van der Waals surface area (Å²) < 4.78 is 14.0. The highest BCUT2D eigenvalue weighted by Gasteiger charge is 2.42. The number of hydrogen-bond acceptors (Lipinski definition) is 2. The molecule has 21 heavy (non-hydrogen) atoms. The molecule has 2 saturated carbocycles. The zero-order valence-electron chi connectivity index (χ0n) is 12.2. The monoisotopic (exact) mass is 352 g/mol. The van der Waals surface area contributed by atoms with Crippen molar-refractivity contribution in [1.82, 2.24) is 10.2 Å². The van der Waals surface area contributed by atoms with Crippen molar-refractivity contribution in [2.45, 2.75) is 44.3 Å². The molecule has 2 atom stereocenters. The van der Waals surface area contributed by atoms with E-state index in [2.05, 4.69) is 26.1 Å². The van der Waals surface area contributed by atoms with Crippen molar-refractivity contribution in [3.05, 3.63) is 34.1 Å². The first-order valence-corrected chi connectivity index (χ1v) is 8.91. The predicted molar refractivity (Wildman–Crippen MR) is 85.5 cm³/mol. The van der Waals surface area contributed by atoms with Gasteiger partial charge in [-0.25, -0.2) is 4.39 Å². The summed E-state index contributed by atoms with van der Waals surface area (Å²) in [6.07, 6.45) is 5.54. The molecule has 114 valence electrons. The summed E-state index contributed by atoms with van der Waals surface area (Å²) in [7, 11) is 0. The van der Waals surface area contributed by atoms with Crippen LogP contribution < -0.4 is 5.32 Å². The van der Waals surface area contributed by atoms with Crippen LogP contribution in [0.25, 0.3) is 0 Å². The summed E-state index contributed by atoms with van der Waals surface area (Å²) in [6, 6.07) is 6.78. The molecule has 0 bridgehead atoms. The minimum absolute atomic E-state index is 0.173. The van der Waals surface area contributed by atoms with Gasteiger partial charge in [0, 0.05) is 31.7 Å². The number of halogens is 2. The molecule has 1 N–H and O–H groups in total. The Morgan fingerprint density at radius 2 is 1.95 bits per heavy atom. The summed E-state index contributed by atoms with van der Waals surface area (Å²) in [4.78, 5) is 2.65. The van der Waals surface area contributed by atoms with Crippen molar-refractivity contribution in [2.75, 3.05) is 13.1 Å². The molecule has 1 aromatic rings. The molecule has 0 radical (unpaired) electrons. The normalized spacial score (nSPS) is 30.6. The quantitative estimate of drug-likeness (QED) is 0.891. The van der Waals surface area contributed by atoms with Crippen LogP contribution in [-0.2, 0) is 6.54 Å². The summed E-state index contributed by atoms with van der Waals surface area (Å²) in [5.41, 5.74) is 1.21. The van der Waals surface area contributed by atoms with E-state index < -0.39 is 0 Å². The number of nitrogens with one attached hydrogen (secondary N) is 1. The van der Waals surface area contributed by atoms with E-state index in [4.69, 9.17) is 0 Å². The number of rotatable bonds is 4. The summed E-state index contributed by atoms with van der Waals surface area (Å²) in [5, 5.41) is 3.78. The maximum atomic E-state index is 13.4. The van der Waals surface area contributed by atoms with Crippen molar-refractivity contribution in [3.63, 3.8) is 0 Å². The molecule has 1 aliphatic heterocycles. The zero-order valence-corrected chi connectivity index (χ0v) is 13.8. The summed E-state index contributed by atoms with van der Waals surface area (Å²) >= 11 is 3.31. The van der Waals surface area contributed by atoms with Crippen molar-refractivity contribution in [2.24, 2.45) is 11.8 Å². The van der Waals surface area contributed by atoms with Crippen LogP contribution in [0.5, 0.6) is 0 Å². The van der Waals surface area contributed by atoms with Gasteiger partial charge in [-0.05, 0) is 71.1 Å². The zero-order chi connectivity index (χ0) is 14.4. The summed E-state index contributed by atoms with van der Waals surface area (Å²) in [6.45, 7) is 3.24. The standard InChI is InChI=1S/C17H22BrFN2/c18-14-7-11(1-6-15(14)19)9-21-10-16(12-2-3-12)20-8-17(21)13-4-5-13/h1,6-7,12-13,16-17,20H,2-5,8-10H2. The largest absolute Gasteiger partial charge is 0.311 e. The van der Waals surface area contributed by atoms with Gasteiger partial charge in [-0.3, -0.25) is 4.90 Å². The van der Waals surface area contributed by atoms with Crippen molar-refractivity contribution in [1.29, 1.82) is 0 Å². The Morgan fingerprint density at radius 1 is 1.19 bits per heavy atom. The Hall–Kier alpha value is -0.450. The van der Waals surface area contributed by atoms with E-state index in [1.165, 1.54) is 31.2 Å². The Balaban J connectivity index is 1.49. The van der Waals surface area contributed by atoms with Gasteiger partial charge in [-0.1, -0.05) is 6.07 Å². The fraction of sp³-hybridized carbons (Fsp3) is 0.647. The smallest absolute Gasteiger partial charge is 0.137 e. The first-order valence-electron chi connectivity index (χ1n) is 8.12. The van der Waals surface area contributed by atoms with E-state index in [-0.39, 0.29) is 5.82 Å². The van der Waals surface area contributed by atoms with Crippen LogP contribution in [0.3, 0.4) is 0 Å². The Labute approximate surface area is 134 Å². The van der Waals surface area contributed by atoms with Crippen LogP contribution in [0.1, 0.15) is 31.2 Å². The van der Waals surface area contributed by atoms with E-state index in [0.717, 1.165) is 31.5 Å². The maximum Gasteiger partial charge on any atom is 0.137 e. The molecule has 1 saturated heterocycles. The Morgan fingerprint density at radius 3 is 2.62 bits per heavy atom. The van der Waals surface area contributed by atoms with Gasteiger partial charge < -0.3 is 5.32 Å². The van der Waals surface area contributed by atoms with Gasteiger partial charge >= 0.3 is 0 Å². The second-order valence-electron chi connectivity index (χ2n) is 6.93. The molecule has 0 aromatic heterocycles. The lowest BCUT2D eigenvalue weighted by Crippen LogP contribution is -2.57. The van der Waals surface area contributed by atoms with Gasteiger partial charge in [0.2, 0.25) is 0 Å². The fourth-order valence-corrected chi connectivity index (χ4v) is 4.09. The van der Waals surface area contributed by atoms with Crippen LogP contribution in [0, 0.1) is 17.7 Å². The highest BCUT2D eigenvalue weighted by molar-refractivity contribution is 9.10. The molecular weight excluding hydrogens is 331 g/mol. The lowest BCUT2D eigenvalue weighted by atomic mass is 10.0. The van der Waals surface area contributed by atoms with E-state index >= 15 is 0 Å². The summed E-state index contributed by atoms with van der Waals surface area (Å²) in [5.74, 6) is 1.60. The Bertz CT molecular complexity index is 528. The average Bonchev–Trinajstić information content (AvgIpc) is 3.36. The molecule has 1 heterocycles. The van der Waals surface area contributed by atoms with Gasteiger partial charge in [0.15, 0.2) is 0 Å². The average molecular weight is 353 g/mol. The molecule has 0 amide bonds. The molecule has 2 nitrogen and oxygen atoms in total. The molecule has 3 fully saturated rings. The third-order valence-corrected chi connectivity index (χ3v) is 5.82. The van der Waals surface area contributed by atoms with E-state index in [9.17, 15) is 4.39 Å². The second kappa shape index (κ2) is 5.64. The number of piperazine rings is 1. The lowest BCUT2D eigenvalue weighted by Gasteiger charge is -2.41. The van der Waals surface area contributed by atoms with Crippen LogP contribution in [-0.4, -0.2) is 30.1 Å². The van der Waals surface area contributed by atoms with Crippen LogP contribution in [0.4, 0.5) is 4.39 Å². The third-order valence-electron chi connectivity index (χ3n) is 5.22. The van der Waals surface area contributed by atoms with Crippen LogP contribution >= 0.6 is 15.9 Å². The SMILES string of the molecule is Fc1ccc(CN2CC(C3CC3)NCC2C2CC2)cc1Br. The number of nitrogens with zero attached hydrogens (tertiary/aromatic N) is 1. The number of benzene rings is 1. The first-order chi connectivity index (χ1) is 10.2. The molecule has 1 aromatic carbocycles. The highest BCUT2D eigenvalue weighted by Crippen LogP contribution is 2.40. The maximum absolute atomic E-state index is 13.4. The highest BCUT2D eigenvalue weighted by atomic mass is 79.9. The third kappa shape index (κ3) is 3.17. The predicted octanol–water partition coefficient (Wildman–Crippen LogP) is 3.55. The molecule has 0 spiro atoms. The lowest BCUT2D eigenvalue weighted by molar-refractivity contribution is 0.100. The van der Waals surface area contributed by atoms with E-state index in [1.807, 2.05) is 12.1 Å². The van der Waals surface area contributed by atoms with E-state index in [1.54, 1.807) is 6.07 Å². The molecular formula is C17H22BrFN2. The fourth-order valence-electron chi connectivity index (χ4n) is 3.67. The molecule has 2 unspecified atom stereocenters. The minimum Gasteiger partial charge on any atom is -0.311 e. The van der Waals surface area contributed by atoms with Gasteiger partial charge in [0.25, 0.3) is 0 Å². The van der Waals surface area contributed by atoms with Gasteiger partial charge in [0.1, 0.15) is 5.82 Å². The molecule has 4 heteroatoms. The second-order valence-corrected chi connectivity index (χ2v) is 7.79. The van der Waals surface area contributed by atoms with Crippen molar-refractivity contribution in [3.8, 4) is 0 Å². The number of hydrogen-bond donors (Lipinski definition) is 1. The van der Waals surface area contributed by atoms with Crippen LogP contribution in [0.15, 0.2) is 22.7 Å². The molecule has 2 aliphatic carbocycles. The van der Waals surface area contributed by atoms with Crippen molar-refractivity contribution >= 4 is 15.9 Å². The van der Waals surface area contributed by atoms with Gasteiger partial charge in [0.05, 0.1) is 4.47 Å². The molecule has 3 aliphatic rings. The van der Waals surface area contributed by atoms with E-state index in [0.29, 0.717) is 16.6 Å². The molecule has 4 rings (SSSR count).